The van der Waals surface area contributed by atoms with E-state index >= 15 is 0 Å². The summed E-state index contributed by atoms with van der Waals surface area (Å²) in [6, 6.07) is 0. The van der Waals surface area contributed by atoms with Gasteiger partial charge >= 0.3 is 0 Å². The van der Waals surface area contributed by atoms with E-state index in [4.69, 9.17) is 9.47 Å². The Balaban J connectivity index is 2.21. The topological polar surface area (TPSA) is 58.9 Å². The zero-order valence-electron chi connectivity index (χ0n) is 17.4. The summed E-state index contributed by atoms with van der Waals surface area (Å²) in [5, 5.41) is 20.1. The van der Waals surface area contributed by atoms with Gasteiger partial charge < -0.3 is 19.7 Å². The molecule has 0 radical (unpaired) electrons. The Hall–Kier alpha value is -0.420. The Bertz CT molecular complexity index is 461. The lowest BCUT2D eigenvalue weighted by Gasteiger charge is -2.46. The summed E-state index contributed by atoms with van der Waals surface area (Å²) in [6.07, 6.45) is 8.07. The SMILES string of the molecule is COCO[C@H]1C[C@H]([C@H](C)CCCC(C)C)[C@@]2(C)CC[C@@H](O)/C(=C/CO)[C@H]12. The molecule has 0 bridgehead atoms. The predicted octanol–water partition coefficient (Wildman–Crippen LogP) is 4.15. The smallest absolute Gasteiger partial charge is 0.146 e. The van der Waals surface area contributed by atoms with Crippen LogP contribution in [0.3, 0.4) is 0 Å². The molecule has 4 nitrogen and oxygen atoms in total. The van der Waals surface area contributed by atoms with Crippen molar-refractivity contribution in [2.45, 2.75) is 78.4 Å². The highest BCUT2D eigenvalue weighted by molar-refractivity contribution is 5.25. The van der Waals surface area contributed by atoms with Crippen molar-refractivity contribution >= 4 is 0 Å². The maximum atomic E-state index is 10.6. The molecule has 2 aliphatic carbocycles. The van der Waals surface area contributed by atoms with Crippen LogP contribution in [-0.4, -0.2) is 42.9 Å². The molecule has 0 heterocycles. The van der Waals surface area contributed by atoms with Gasteiger partial charge in [-0.3, -0.25) is 0 Å². The van der Waals surface area contributed by atoms with Crippen LogP contribution in [0.4, 0.5) is 0 Å². The number of methoxy groups -OCH3 is 1. The molecule has 2 fully saturated rings. The maximum Gasteiger partial charge on any atom is 0.146 e. The fourth-order valence-electron chi connectivity index (χ4n) is 5.69. The lowest BCUT2D eigenvalue weighted by molar-refractivity contribution is -0.0922. The third-order valence-electron chi connectivity index (χ3n) is 6.97. The van der Waals surface area contributed by atoms with Crippen LogP contribution in [0.25, 0.3) is 0 Å². The minimum atomic E-state index is -0.455. The Labute approximate surface area is 160 Å². The van der Waals surface area contributed by atoms with Crippen LogP contribution in [0.15, 0.2) is 11.6 Å². The van der Waals surface area contributed by atoms with Crippen molar-refractivity contribution in [3.05, 3.63) is 11.6 Å². The molecule has 6 atom stereocenters. The van der Waals surface area contributed by atoms with Gasteiger partial charge in [-0.2, -0.15) is 0 Å². The highest BCUT2D eigenvalue weighted by Crippen LogP contribution is 2.60. The first-order valence-electron chi connectivity index (χ1n) is 10.4. The van der Waals surface area contributed by atoms with Crippen molar-refractivity contribution < 1.29 is 19.7 Å². The van der Waals surface area contributed by atoms with Crippen molar-refractivity contribution in [3.8, 4) is 0 Å². The molecule has 2 saturated carbocycles. The van der Waals surface area contributed by atoms with Gasteiger partial charge in [0.15, 0.2) is 0 Å². The van der Waals surface area contributed by atoms with Gasteiger partial charge in [-0.25, -0.2) is 0 Å². The highest BCUT2D eigenvalue weighted by Gasteiger charge is 2.57. The summed E-state index contributed by atoms with van der Waals surface area (Å²) in [6.45, 7) is 9.63. The van der Waals surface area contributed by atoms with E-state index in [9.17, 15) is 10.2 Å². The molecular formula is C22H40O4. The van der Waals surface area contributed by atoms with Crippen molar-refractivity contribution in [3.63, 3.8) is 0 Å². The maximum absolute atomic E-state index is 10.6. The third-order valence-corrected chi connectivity index (χ3v) is 6.97. The number of hydrogen-bond acceptors (Lipinski definition) is 4. The summed E-state index contributed by atoms with van der Waals surface area (Å²) < 4.78 is 11.3. The molecule has 4 heteroatoms. The number of aliphatic hydroxyl groups excluding tert-OH is 2. The molecule has 0 aromatic carbocycles. The van der Waals surface area contributed by atoms with E-state index in [1.165, 1.54) is 19.3 Å². The van der Waals surface area contributed by atoms with Gasteiger partial charge in [-0.1, -0.05) is 53.0 Å². The van der Waals surface area contributed by atoms with Crippen LogP contribution in [0.5, 0.6) is 0 Å². The quantitative estimate of drug-likeness (QED) is 0.474. The van der Waals surface area contributed by atoms with E-state index in [-0.39, 0.29) is 30.8 Å². The average Bonchev–Trinajstić information content (AvgIpc) is 2.88. The lowest BCUT2D eigenvalue weighted by Crippen LogP contribution is -2.43. The van der Waals surface area contributed by atoms with E-state index in [1.807, 2.05) is 6.08 Å². The van der Waals surface area contributed by atoms with Crippen LogP contribution in [0.2, 0.25) is 0 Å². The Morgan fingerprint density at radius 3 is 2.62 bits per heavy atom. The van der Waals surface area contributed by atoms with Gasteiger partial charge in [-0.15, -0.1) is 0 Å². The molecule has 0 amide bonds. The molecule has 0 saturated heterocycles. The summed E-state index contributed by atoms with van der Waals surface area (Å²) in [4.78, 5) is 0. The summed E-state index contributed by atoms with van der Waals surface area (Å²) in [7, 11) is 1.65. The summed E-state index contributed by atoms with van der Waals surface area (Å²) in [5.41, 5.74) is 1.11. The number of hydrogen-bond donors (Lipinski definition) is 2. The molecule has 26 heavy (non-hydrogen) atoms. The molecule has 2 aliphatic rings. The number of fused-ring (bicyclic) bond motifs is 1. The molecule has 0 aliphatic heterocycles. The standard InChI is InChI=1S/C22H40O4/c1-15(2)7-6-8-16(3)18-13-20(26-14-25-5)21-17(10-12-23)19(24)9-11-22(18,21)4/h10,15-16,18-21,23-24H,6-9,11-14H2,1-5H3/b17-10-/t16-,18-,19-,20+,21-,22-/m1/s1. The van der Waals surface area contributed by atoms with Gasteiger partial charge in [0.1, 0.15) is 6.79 Å². The molecular weight excluding hydrogens is 328 g/mol. The van der Waals surface area contributed by atoms with E-state index in [0.717, 1.165) is 30.8 Å². The Morgan fingerprint density at radius 2 is 2.00 bits per heavy atom. The second kappa shape index (κ2) is 9.68. The van der Waals surface area contributed by atoms with Crippen LogP contribution in [0.1, 0.15) is 66.2 Å². The first-order chi connectivity index (χ1) is 12.3. The van der Waals surface area contributed by atoms with Crippen molar-refractivity contribution in [1.82, 2.24) is 0 Å². The first kappa shape index (κ1) is 21.9. The van der Waals surface area contributed by atoms with Gasteiger partial charge in [0.25, 0.3) is 0 Å². The summed E-state index contributed by atoms with van der Waals surface area (Å²) >= 11 is 0. The van der Waals surface area contributed by atoms with Crippen molar-refractivity contribution in [2.75, 3.05) is 20.5 Å². The van der Waals surface area contributed by atoms with Crippen LogP contribution < -0.4 is 0 Å². The fraction of sp³-hybridized carbons (Fsp3) is 0.909. The molecule has 0 aromatic rings. The molecule has 2 N–H and O–H groups in total. The third kappa shape index (κ3) is 4.70. The zero-order valence-corrected chi connectivity index (χ0v) is 17.4. The Morgan fingerprint density at radius 1 is 1.27 bits per heavy atom. The van der Waals surface area contributed by atoms with Crippen LogP contribution >= 0.6 is 0 Å². The lowest BCUT2D eigenvalue weighted by atomic mass is 9.60. The van der Waals surface area contributed by atoms with Gasteiger partial charge in [-0.05, 0) is 48.0 Å². The normalized spacial score (nSPS) is 37.3. The molecule has 0 aromatic heterocycles. The van der Waals surface area contributed by atoms with E-state index in [1.54, 1.807) is 7.11 Å². The van der Waals surface area contributed by atoms with Gasteiger partial charge in [0.05, 0.1) is 18.8 Å². The molecule has 152 valence electrons. The van der Waals surface area contributed by atoms with E-state index in [2.05, 4.69) is 27.7 Å². The van der Waals surface area contributed by atoms with Crippen molar-refractivity contribution in [1.29, 1.82) is 0 Å². The zero-order chi connectivity index (χ0) is 19.3. The predicted molar refractivity (Wildman–Crippen MR) is 105 cm³/mol. The number of ether oxygens (including phenoxy) is 2. The van der Waals surface area contributed by atoms with Crippen LogP contribution in [0, 0.1) is 29.1 Å². The second-order valence-corrected chi connectivity index (χ2v) is 9.18. The van der Waals surface area contributed by atoms with Gasteiger partial charge in [0.2, 0.25) is 0 Å². The largest absolute Gasteiger partial charge is 0.392 e. The summed E-state index contributed by atoms with van der Waals surface area (Å²) in [5.74, 6) is 2.15. The monoisotopic (exact) mass is 368 g/mol. The minimum Gasteiger partial charge on any atom is -0.392 e. The second-order valence-electron chi connectivity index (χ2n) is 9.18. The highest BCUT2D eigenvalue weighted by atomic mass is 16.7. The fourth-order valence-corrected chi connectivity index (χ4v) is 5.69. The van der Waals surface area contributed by atoms with Gasteiger partial charge in [0, 0.05) is 13.0 Å². The number of aliphatic hydroxyl groups is 2. The number of rotatable bonds is 9. The average molecular weight is 369 g/mol. The van der Waals surface area contributed by atoms with Crippen LogP contribution in [-0.2, 0) is 9.47 Å². The Kier molecular flexibility index (Phi) is 8.14. The molecule has 0 spiro atoms. The first-order valence-corrected chi connectivity index (χ1v) is 10.4. The molecule has 0 unspecified atom stereocenters. The van der Waals surface area contributed by atoms with E-state index in [0.29, 0.717) is 11.8 Å². The van der Waals surface area contributed by atoms with E-state index < -0.39 is 6.10 Å². The minimum absolute atomic E-state index is 0.0232. The molecule has 2 rings (SSSR count). The van der Waals surface area contributed by atoms with Crippen molar-refractivity contribution in [2.24, 2.45) is 29.1 Å².